The van der Waals surface area contributed by atoms with E-state index in [2.05, 4.69) is 71.6 Å². The molecule has 0 unspecified atom stereocenters. The van der Waals surface area contributed by atoms with Crippen molar-refractivity contribution in [2.24, 2.45) is 56.7 Å². The highest BCUT2D eigenvalue weighted by atomic mass is 16.5. The van der Waals surface area contributed by atoms with Gasteiger partial charge in [0.15, 0.2) is 0 Å². The first-order chi connectivity index (χ1) is 22.6. The van der Waals surface area contributed by atoms with Gasteiger partial charge in [-0.3, -0.25) is 14.4 Å². The highest BCUT2D eigenvalue weighted by molar-refractivity contribution is 5.84. The molecule has 1 aromatic carbocycles. The lowest BCUT2D eigenvalue weighted by atomic mass is 9.32. The molecule has 2 amide bonds. The zero-order chi connectivity index (χ0) is 34.9. The van der Waals surface area contributed by atoms with Gasteiger partial charge in [-0.2, -0.15) is 0 Å². The number of hydrogen-bond acceptors (Lipinski definition) is 4. The fourth-order valence-electron chi connectivity index (χ4n) is 13.1. The van der Waals surface area contributed by atoms with Crippen molar-refractivity contribution in [2.75, 3.05) is 20.1 Å². The highest BCUT2D eigenvalue weighted by Gasteiger charge is 2.71. The van der Waals surface area contributed by atoms with E-state index in [-0.39, 0.29) is 38.9 Å². The van der Waals surface area contributed by atoms with Gasteiger partial charge in [-0.1, -0.05) is 65.0 Å². The third-order valence-corrected chi connectivity index (χ3v) is 15.7. The van der Waals surface area contributed by atoms with E-state index in [1.807, 2.05) is 12.1 Å². The van der Waals surface area contributed by atoms with Crippen molar-refractivity contribution in [2.45, 2.75) is 106 Å². The Labute approximate surface area is 289 Å². The molecular formula is C42H60N2O4. The second-order valence-electron chi connectivity index (χ2n) is 17.8. The van der Waals surface area contributed by atoms with Crippen molar-refractivity contribution < 1.29 is 19.1 Å². The molecule has 0 bridgehead atoms. The van der Waals surface area contributed by atoms with Crippen molar-refractivity contribution in [1.82, 2.24) is 10.2 Å². The molecule has 4 saturated carbocycles. The molecule has 262 valence electrons. The largest absolute Gasteiger partial charge is 0.429 e. The number of carbonyl (C=O) groups is 3. The molecule has 9 atom stereocenters. The quantitative estimate of drug-likeness (QED) is 0.225. The number of benzene rings is 1. The fourth-order valence-corrected chi connectivity index (χ4v) is 13.1. The highest BCUT2D eigenvalue weighted by Crippen LogP contribution is 2.77. The number of carbonyl (C=O) groups excluding carboxylic acids is 3. The third kappa shape index (κ3) is 5.04. The maximum Gasteiger partial charge on any atom is 0.298 e. The number of rotatable bonds is 8. The number of nitrogens with zero attached hydrogens (tertiary/aromatic N) is 1. The first-order valence-electron chi connectivity index (χ1n) is 18.6. The number of allylic oxidation sites excluding steroid dienone is 3. The van der Waals surface area contributed by atoms with Crippen LogP contribution in [0.25, 0.3) is 5.57 Å². The van der Waals surface area contributed by atoms with Gasteiger partial charge in [0, 0.05) is 27.1 Å². The summed E-state index contributed by atoms with van der Waals surface area (Å²) in [4.78, 5) is 38.7. The van der Waals surface area contributed by atoms with Gasteiger partial charge in [0.1, 0.15) is 5.75 Å². The minimum absolute atomic E-state index is 0.0197. The smallest absolute Gasteiger partial charge is 0.298 e. The SMILES string of the molecule is C=C(C)[C@@H]1CC[C@]2(C(=O)NCCN(C)C(C)=O)CC[C@]3(C)[C@H](CC[C@@H]4[C@@]5(C)CC=C(c6ccc(OC=O)cc6)C(C)(C)[C@@H]5CC[C@]43C)[C@@H]12. The summed E-state index contributed by atoms with van der Waals surface area (Å²) in [6, 6.07) is 8.03. The molecule has 4 fully saturated rings. The second kappa shape index (κ2) is 12.2. The van der Waals surface area contributed by atoms with Crippen LogP contribution in [0.2, 0.25) is 0 Å². The van der Waals surface area contributed by atoms with Crippen molar-refractivity contribution in [1.29, 1.82) is 0 Å². The molecule has 0 radical (unpaired) electrons. The summed E-state index contributed by atoms with van der Waals surface area (Å²) in [5.41, 5.74) is 4.13. The van der Waals surface area contributed by atoms with Gasteiger partial charge in [0.05, 0.1) is 5.41 Å². The van der Waals surface area contributed by atoms with Crippen LogP contribution in [0.15, 0.2) is 42.5 Å². The molecular weight excluding hydrogens is 596 g/mol. The van der Waals surface area contributed by atoms with E-state index in [1.165, 1.54) is 42.4 Å². The molecule has 5 aliphatic carbocycles. The van der Waals surface area contributed by atoms with E-state index in [4.69, 9.17) is 4.74 Å². The van der Waals surface area contributed by atoms with Gasteiger partial charge < -0.3 is 15.0 Å². The van der Waals surface area contributed by atoms with Crippen LogP contribution in [0, 0.1) is 56.7 Å². The van der Waals surface area contributed by atoms with E-state index in [0.29, 0.717) is 54.9 Å². The van der Waals surface area contributed by atoms with Crippen LogP contribution < -0.4 is 10.1 Å². The molecule has 0 saturated heterocycles. The number of amides is 2. The normalized spacial score (nSPS) is 39.4. The van der Waals surface area contributed by atoms with Crippen LogP contribution >= 0.6 is 0 Å². The molecule has 6 nitrogen and oxygen atoms in total. The lowest BCUT2D eigenvalue weighted by Gasteiger charge is -2.72. The maximum atomic E-state index is 14.3. The van der Waals surface area contributed by atoms with Crippen LogP contribution in [0.1, 0.15) is 112 Å². The molecule has 48 heavy (non-hydrogen) atoms. The molecule has 0 heterocycles. The van der Waals surface area contributed by atoms with Crippen LogP contribution in [-0.4, -0.2) is 43.3 Å². The Balaban J connectivity index is 1.30. The molecule has 0 aliphatic heterocycles. The summed E-state index contributed by atoms with van der Waals surface area (Å²) in [6.07, 6.45) is 12.5. The number of hydrogen-bond donors (Lipinski definition) is 1. The van der Waals surface area contributed by atoms with Gasteiger partial charge in [-0.05, 0) is 139 Å². The molecule has 6 heteroatoms. The van der Waals surface area contributed by atoms with Crippen molar-refractivity contribution in [3.8, 4) is 5.75 Å². The Hall–Kier alpha value is -2.89. The average molecular weight is 657 g/mol. The molecule has 0 spiro atoms. The zero-order valence-corrected chi connectivity index (χ0v) is 30.9. The maximum absolute atomic E-state index is 14.3. The predicted molar refractivity (Wildman–Crippen MR) is 192 cm³/mol. The lowest BCUT2D eigenvalue weighted by molar-refractivity contribution is -0.225. The number of nitrogens with one attached hydrogen (secondary N) is 1. The first kappa shape index (κ1) is 35.0. The summed E-state index contributed by atoms with van der Waals surface area (Å²) in [5, 5.41) is 3.32. The molecule has 5 aliphatic rings. The van der Waals surface area contributed by atoms with Crippen molar-refractivity contribution >= 4 is 23.9 Å². The van der Waals surface area contributed by atoms with E-state index in [1.54, 1.807) is 18.9 Å². The second-order valence-corrected chi connectivity index (χ2v) is 17.8. The Morgan fingerprint density at radius 3 is 2.29 bits per heavy atom. The van der Waals surface area contributed by atoms with Gasteiger partial charge in [-0.25, -0.2) is 0 Å². The molecule has 6 rings (SSSR count). The number of ether oxygens (including phenoxy) is 1. The average Bonchev–Trinajstić information content (AvgIpc) is 3.43. The first-order valence-corrected chi connectivity index (χ1v) is 18.6. The van der Waals surface area contributed by atoms with Crippen LogP contribution in [0.5, 0.6) is 5.75 Å². The van der Waals surface area contributed by atoms with Crippen molar-refractivity contribution in [3.05, 3.63) is 48.1 Å². The summed E-state index contributed by atoms with van der Waals surface area (Å²) >= 11 is 0. The van der Waals surface area contributed by atoms with Gasteiger partial charge in [0.2, 0.25) is 11.8 Å². The minimum Gasteiger partial charge on any atom is -0.429 e. The summed E-state index contributed by atoms with van der Waals surface area (Å²) in [6.45, 7) is 22.6. The summed E-state index contributed by atoms with van der Waals surface area (Å²) in [7, 11) is 1.80. The minimum atomic E-state index is -0.344. The zero-order valence-electron chi connectivity index (χ0n) is 30.9. The molecule has 1 N–H and O–H groups in total. The molecule has 0 aromatic heterocycles. The van der Waals surface area contributed by atoms with Crippen LogP contribution in [0.3, 0.4) is 0 Å². The third-order valence-electron chi connectivity index (χ3n) is 15.7. The molecule has 1 aromatic rings. The Bertz CT molecular complexity index is 1490. The van der Waals surface area contributed by atoms with Gasteiger partial charge in [-0.15, -0.1) is 0 Å². The van der Waals surface area contributed by atoms with Crippen molar-refractivity contribution in [3.63, 3.8) is 0 Å². The summed E-state index contributed by atoms with van der Waals surface area (Å²) in [5.74, 6) is 3.23. The Kier molecular flexibility index (Phi) is 8.85. The lowest BCUT2D eigenvalue weighted by Crippen LogP contribution is -2.66. The predicted octanol–water partition coefficient (Wildman–Crippen LogP) is 8.47. The van der Waals surface area contributed by atoms with Crippen LogP contribution in [-0.2, 0) is 14.4 Å². The topological polar surface area (TPSA) is 75.7 Å². The monoisotopic (exact) mass is 656 g/mol. The summed E-state index contributed by atoms with van der Waals surface area (Å²) < 4.78 is 5.08. The van der Waals surface area contributed by atoms with E-state index < -0.39 is 0 Å². The number of fused-ring (bicyclic) bond motifs is 7. The number of likely N-dealkylation sites (N-methyl/N-ethyl adjacent to an activating group) is 1. The van der Waals surface area contributed by atoms with E-state index in [9.17, 15) is 14.4 Å². The Morgan fingerprint density at radius 2 is 1.65 bits per heavy atom. The van der Waals surface area contributed by atoms with Gasteiger partial charge >= 0.3 is 0 Å². The van der Waals surface area contributed by atoms with Gasteiger partial charge in [0.25, 0.3) is 6.47 Å². The van der Waals surface area contributed by atoms with E-state index in [0.717, 1.165) is 32.1 Å². The van der Waals surface area contributed by atoms with Crippen LogP contribution in [0.4, 0.5) is 0 Å². The van der Waals surface area contributed by atoms with E-state index >= 15 is 0 Å². The standard InChI is InChI=1S/C42H60N2O4/c1-27(2)31-16-21-42(37(47)43-24-25-44(9)28(3)46)23-22-40(7)33(36(31)42)14-15-35-39(6)19-17-32(29-10-12-30(13-11-29)48-26-45)38(4,5)34(39)18-20-41(35,40)8/h10-13,17,26,31,33-36H,1,14-16,18-25H2,2-9H3,(H,43,47)/t31-,33+,34-,35+,36+,39-,40+,41+,42-/m0/s1. The fraction of sp³-hybridized carbons (Fsp3) is 0.690. The Morgan fingerprint density at radius 1 is 0.938 bits per heavy atom.